The van der Waals surface area contributed by atoms with Gasteiger partial charge in [0.15, 0.2) is 0 Å². The predicted octanol–water partition coefficient (Wildman–Crippen LogP) is 4.48. The predicted molar refractivity (Wildman–Crippen MR) is 69.2 cm³/mol. The van der Waals surface area contributed by atoms with E-state index in [1.807, 2.05) is 0 Å². The van der Waals surface area contributed by atoms with Gasteiger partial charge in [-0.15, -0.1) is 0 Å². The minimum atomic E-state index is -0.00970. The fourth-order valence-electron chi connectivity index (χ4n) is 1.00. The summed E-state index contributed by atoms with van der Waals surface area (Å²) in [5.41, 5.74) is 0. The molecule has 0 aromatic heterocycles. The molecular formula is C8H15Br3Sn. The van der Waals surface area contributed by atoms with Gasteiger partial charge < -0.3 is 0 Å². The van der Waals surface area contributed by atoms with Gasteiger partial charge in [0.05, 0.1) is 0 Å². The van der Waals surface area contributed by atoms with Gasteiger partial charge in [-0.3, -0.25) is 0 Å². The molecule has 12 heavy (non-hydrogen) atoms. The Morgan fingerprint density at radius 1 is 0.833 bits per heavy atom. The summed E-state index contributed by atoms with van der Waals surface area (Å²) in [6, 6.07) is 0. The molecule has 0 saturated carbocycles. The molecule has 4 heteroatoms. The van der Waals surface area contributed by atoms with Crippen LogP contribution in [0.2, 0.25) is 4.44 Å². The van der Waals surface area contributed by atoms with Crippen molar-refractivity contribution in [2.24, 2.45) is 0 Å². The van der Waals surface area contributed by atoms with Gasteiger partial charge in [-0.2, -0.15) is 0 Å². The van der Waals surface area contributed by atoms with Gasteiger partial charge in [0.25, 0.3) is 0 Å². The summed E-state index contributed by atoms with van der Waals surface area (Å²) in [4.78, 5) is 0. The molecule has 0 aliphatic carbocycles. The Kier molecular flexibility index (Phi) is 10.1. The van der Waals surface area contributed by atoms with Crippen molar-refractivity contribution in [3.8, 4) is 0 Å². The van der Waals surface area contributed by atoms with Crippen LogP contribution in [-0.2, 0) is 0 Å². The van der Waals surface area contributed by atoms with Crippen molar-refractivity contribution < 1.29 is 0 Å². The Hall–Kier alpha value is 2.24. The summed E-state index contributed by atoms with van der Waals surface area (Å²) in [7, 11) is 0. The minimum absolute atomic E-state index is 0.00970. The molecule has 0 unspecified atom stereocenters. The number of hydrogen-bond acceptors (Lipinski definition) is 0. The molecule has 0 bridgehead atoms. The number of halogens is 3. The van der Waals surface area contributed by atoms with Gasteiger partial charge >= 0.3 is 115 Å². The summed E-state index contributed by atoms with van der Waals surface area (Å²) in [6.07, 6.45) is 8.09. The van der Waals surface area contributed by atoms with Crippen LogP contribution in [0.1, 0.15) is 38.5 Å². The van der Waals surface area contributed by atoms with Crippen LogP contribution in [0.25, 0.3) is 0 Å². The molecule has 0 heterocycles. The van der Waals surface area contributed by atoms with Gasteiger partial charge in [-0.25, -0.2) is 0 Å². The number of hydrogen-bond donors (Lipinski definition) is 0. The average Bonchev–Trinajstić information content (AvgIpc) is 1.94. The van der Waals surface area contributed by atoms with Crippen molar-refractivity contribution >= 4 is 70.3 Å². The summed E-state index contributed by atoms with van der Waals surface area (Å²) in [6.45, 7) is 0. The van der Waals surface area contributed by atoms with Crippen molar-refractivity contribution in [3.63, 3.8) is 0 Å². The normalized spacial score (nSPS) is 12.0. The molecule has 0 nitrogen and oxygen atoms in total. The van der Waals surface area contributed by atoms with Crippen molar-refractivity contribution in [2.45, 2.75) is 45.1 Å². The van der Waals surface area contributed by atoms with E-state index in [4.69, 9.17) is 0 Å². The van der Waals surface area contributed by atoms with Crippen LogP contribution >= 0.6 is 47.8 Å². The van der Waals surface area contributed by atoms with Crippen LogP contribution in [0.4, 0.5) is 0 Å². The van der Waals surface area contributed by atoms with Crippen LogP contribution < -0.4 is 0 Å². The SMILES string of the molecule is BrC(Br)(Br)CCCCCC[CH2][SnH]. The van der Waals surface area contributed by atoms with Crippen molar-refractivity contribution in [1.29, 1.82) is 0 Å². The second kappa shape index (κ2) is 8.54. The van der Waals surface area contributed by atoms with Gasteiger partial charge in [-0.05, 0) is 0 Å². The monoisotopic (exact) mass is 468 g/mol. The van der Waals surface area contributed by atoms with Crippen molar-refractivity contribution in [1.82, 2.24) is 0 Å². The zero-order chi connectivity index (χ0) is 9.45. The third kappa shape index (κ3) is 12.2. The Morgan fingerprint density at radius 3 is 1.83 bits per heavy atom. The summed E-state index contributed by atoms with van der Waals surface area (Å²) < 4.78 is 1.45. The second-order valence-electron chi connectivity index (χ2n) is 2.92. The van der Waals surface area contributed by atoms with E-state index in [0.29, 0.717) is 0 Å². The molecule has 0 aliphatic rings. The van der Waals surface area contributed by atoms with E-state index < -0.39 is 0 Å². The third-order valence-corrected chi connectivity index (χ3v) is 4.02. The van der Waals surface area contributed by atoms with E-state index in [2.05, 4.69) is 47.8 Å². The Morgan fingerprint density at radius 2 is 1.33 bits per heavy atom. The average molecular weight is 470 g/mol. The molecule has 0 atom stereocenters. The Labute approximate surface area is 114 Å². The first-order chi connectivity index (χ1) is 5.56. The first-order valence-corrected chi connectivity index (χ1v) is 9.04. The topological polar surface area (TPSA) is 0 Å². The third-order valence-electron chi connectivity index (χ3n) is 1.66. The van der Waals surface area contributed by atoms with E-state index in [1.165, 1.54) is 59.1 Å². The maximum absolute atomic E-state index is 3.50. The van der Waals surface area contributed by atoms with E-state index in [0.717, 1.165) is 6.42 Å². The van der Waals surface area contributed by atoms with Crippen LogP contribution in [0.3, 0.4) is 0 Å². The van der Waals surface area contributed by atoms with Crippen molar-refractivity contribution in [2.75, 3.05) is 0 Å². The number of alkyl halides is 3. The molecular weight excluding hydrogens is 455 g/mol. The number of rotatable bonds is 6. The van der Waals surface area contributed by atoms with Crippen LogP contribution in [0.15, 0.2) is 0 Å². The zero-order valence-corrected chi connectivity index (χ0v) is 15.2. The van der Waals surface area contributed by atoms with Gasteiger partial charge in [0.2, 0.25) is 0 Å². The molecule has 0 fully saturated rings. The molecule has 0 saturated heterocycles. The summed E-state index contributed by atoms with van der Waals surface area (Å²) in [5.74, 6) is 0. The Bertz CT molecular complexity index is 101. The fraction of sp³-hybridized carbons (Fsp3) is 1.00. The van der Waals surface area contributed by atoms with Crippen LogP contribution in [-0.4, -0.2) is 24.7 Å². The van der Waals surface area contributed by atoms with E-state index in [9.17, 15) is 0 Å². The molecule has 72 valence electrons. The molecule has 0 N–H and O–H groups in total. The van der Waals surface area contributed by atoms with Crippen LogP contribution in [0.5, 0.6) is 0 Å². The molecule has 0 rings (SSSR count). The van der Waals surface area contributed by atoms with Gasteiger partial charge in [-0.1, -0.05) is 0 Å². The molecule has 0 aromatic carbocycles. The van der Waals surface area contributed by atoms with Crippen molar-refractivity contribution in [3.05, 3.63) is 0 Å². The Balaban J connectivity index is 3.01. The molecule has 0 aromatic rings. The molecule has 0 amide bonds. The van der Waals surface area contributed by atoms with Gasteiger partial charge in [0.1, 0.15) is 0 Å². The second-order valence-corrected chi connectivity index (χ2v) is 11.8. The first-order valence-electron chi connectivity index (χ1n) is 4.33. The summed E-state index contributed by atoms with van der Waals surface area (Å²) in [5, 5.41) is 0. The number of unbranched alkanes of at least 4 members (excludes halogenated alkanes) is 4. The standard InChI is InChI=1S/C8H14Br3.Sn.H/c1-2-3-4-5-6-7-8(9,10)11;;/h1-7H2;;. The maximum atomic E-state index is 3.50. The fourth-order valence-corrected chi connectivity index (χ4v) is 2.67. The van der Waals surface area contributed by atoms with Crippen LogP contribution in [0, 0.1) is 0 Å². The van der Waals surface area contributed by atoms with E-state index in [-0.39, 0.29) is 2.14 Å². The summed E-state index contributed by atoms with van der Waals surface area (Å²) >= 11 is 11.9. The van der Waals surface area contributed by atoms with E-state index in [1.54, 1.807) is 0 Å². The molecule has 0 aliphatic heterocycles. The first kappa shape index (κ1) is 14.2. The zero-order valence-electron chi connectivity index (χ0n) is 7.16. The molecule has 0 spiro atoms. The quantitative estimate of drug-likeness (QED) is 0.306. The molecule has 2 radical (unpaired) electrons. The van der Waals surface area contributed by atoms with E-state index >= 15 is 0 Å². The van der Waals surface area contributed by atoms with Gasteiger partial charge in [0, 0.05) is 0 Å².